The number of hydrogen-bond donors (Lipinski definition) is 2. The standard InChI is InChI=1S/C19H18N2O4S/c1-2-18(22)20-15-7-5-13(6-8-15)19(23)21-16-9-10-17-14(12-16)4-3-11-26(17,24)25/h2,5-10,12H,1,3-4,11H2,(H,20,22)(H,21,23). The van der Waals surface area contributed by atoms with Crippen LogP contribution in [0.15, 0.2) is 60.0 Å². The number of amides is 2. The molecule has 2 aromatic rings. The van der Waals surface area contributed by atoms with Crippen LogP contribution in [0.5, 0.6) is 0 Å². The van der Waals surface area contributed by atoms with Gasteiger partial charge in [0.1, 0.15) is 0 Å². The van der Waals surface area contributed by atoms with Gasteiger partial charge >= 0.3 is 0 Å². The molecule has 3 rings (SSSR count). The zero-order valence-electron chi connectivity index (χ0n) is 14.0. The molecular weight excluding hydrogens is 352 g/mol. The SMILES string of the molecule is C=CC(=O)Nc1ccc(C(=O)Nc2ccc3c(c2)CCCS3(=O)=O)cc1. The van der Waals surface area contributed by atoms with Crippen molar-refractivity contribution in [3.05, 3.63) is 66.2 Å². The van der Waals surface area contributed by atoms with Gasteiger partial charge in [-0.3, -0.25) is 9.59 Å². The first-order chi connectivity index (χ1) is 12.4. The van der Waals surface area contributed by atoms with E-state index < -0.39 is 9.84 Å². The highest BCUT2D eigenvalue weighted by atomic mass is 32.2. The molecule has 0 spiro atoms. The molecule has 1 aliphatic heterocycles. The Morgan fingerprint density at radius 1 is 1.00 bits per heavy atom. The molecule has 2 aromatic carbocycles. The summed E-state index contributed by atoms with van der Waals surface area (Å²) in [5, 5.41) is 5.37. The summed E-state index contributed by atoms with van der Waals surface area (Å²) in [4.78, 5) is 24.0. The third-order valence-electron chi connectivity index (χ3n) is 4.11. The summed E-state index contributed by atoms with van der Waals surface area (Å²) in [6.07, 6.45) is 2.43. The van der Waals surface area contributed by atoms with Crippen LogP contribution in [0, 0.1) is 0 Å². The van der Waals surface area contributed by atoms with E-state index in [0.717, 1.165) is 11.6 Å². The molecule has 0 unspecified atom stereocenters. The smallest absolute Gasteiger partial charge is 0.255 e. The van der Waals surface area contributed by atoms with E-state index in [4.69, 9.17) is 0 Å². The molecule has 1 aliphatic rings. The van der Waals surface area contributed by atoms with E-state index in [9.17, 15) is 18.0 Å². The number of fused-ring (bicyclic) bond motifs is 1. The Labute approximate surface area is 151 Å². The molecule has 0 saturated carbocycles. The third-order valence-corrected chi connectivity index (χ3v) is 6.01. The summed E-state index contributed by atoms with van der Waals surface area (Å²) < 4.78 is 24.1. The van der Waals surface area contributed by atoms with Crippen LogP contribution in [-0.2, 0) is 21.1 Å². The molecule has 0 saturated heterocycles. The molecule has 0 fully saturated rings. The first-order valence-corrected chi connectivity index (χ1v) is 9.75. The predicted octanol–water partition coefficient (Wildman–Crippen LogP) is 2.78. The molecule has 134 valence electrons. The van der Waals surface area contributed by atoms with Crippen molar-refractivity contribution < 1.29 is 18.0 Å². The fraction of sp³-hybridized carbons (Fsp3) is 0.158. The summed E-state index contributed by atoms with van der Waals surface area (Å²) in [7, 11) is -3.21. The van der Waals surface area contributed by atoms with Gasteiger partial charge in [-0.1, -0.05) is 6.58 Å². The lowest BCUT2D eigenvalue weighted by atomic mass is 10.1. The van der Waals surface area contributed by atoms with Crippen molar-refractivity contribution in [2.24, 2.45) is 0 Å². The Hall–Kier alpha value is -2.93. The molecule has 7 heteroatoms. The van der Waals surface area contributed by atoms with Gasteiger partial charge in [-0.05, 0) is 66.9 Å². The second-order valence-corrected chi connectivity index (χ2v) is 8.05. The first kappa shape index (κ1) is 17.9. The Morgan fingerprint density at radius 2 is 1.69 bits per heavy atom. The molecule has 2 amide bonds. The summed E-state index contributed by atoms with van der Waals surface area (Å²) >= 11 is 0. The van der Waals surface area contributed by atoms with Crippen LogP contribution in [0.1, 0.15) is 22.3 Å². The topological polar surface area (TPSA) is 92.3 Å². The lowest BCUT2D eigenvalue weighted by Crippen LogP contribution is -2.17. The zero-order valence-corrected chi connectivity index (χ0v) is 14.8. The van der Waals surface area contributed by atoms with E-state index in [1.807, 2.05) is 0 Å². The van der Waals surface area contributed by atoms with Crippen LogP contribution < -0.4 is 10.6 Å². The summed E-state index contributed by atoms with van der Waals surface area (Å²) in [6, 6.07) is 11.3. The maximum atomic E-state index is 12.4. The zero-order chi connectivity index (χ0) is 18.7. The van der Waals surface area contributed by atoms with Gasteiger partial charge in [-0.15, -0.1) is 0 Å². The van der Waals surface area contributed by atoms with E-state index in [1.54, 1.807) is 42.5 Å². The van der Waals surface area contributed by atoms with E-state index in [0.29, 0.717) is 34.7 Å². The minimum atomic E-state index is -3.21. The molecular formula is C19H18N2O4S. The molecule has 6 nitrogen and oxygen atoms in total. The van der Waals surface area contributed by atoms with E-state index in [1.165, 1.54) is 0 Å². The second kappa shape index (κ2) is 7.13. The fourth-order valence-electron chi connectivity index (χ4n) is 2.82. The lowest BCUT2D eigenvalue weighted by molar-refractivity contribution is -0.111. The van der Waals surface area contributed by atoms with Crippen LogP contribution >= 0.6 is 0 Å². The molecule has 1 heterocycles. The van der Waals surface area contributed by atoms with Crippen LogP contribution in [0.4, 0.5) is 11.4 Å². The largest absolute Gasteiger partial charge is 0.323 e. The number of sulfone groups is 1. The quantitative estimate of drug-likeness (QED) is 0.810. The normalized spacial score (nSPS) is 14.8. The van der Waals surface area contributed by atoms with Gasteiger partial charge in [-0.25, -0.2) is 8.42 Å². The molecule has 0 aliphatic carbocycles. The van der Waals surface area contributed by atoms with Gasteiger partial charge in [0, 0.05) is 16.9 Å². The maximum Gasteiger partial charge on any atom is 0.255 e. The number of benzene rings is 2. The Kier molecular flexibility index (Phi) is 4.90. The molecule has 0 aromatic heterocycles. The summed E-state index contributed by atoms with van der Waals surface area (Å²) in [5.41, 5.74) is 2.27. The van der Waals surface area contributed by atoms with Crippen LogP contribution in [-0.4, -0.2) is 26.0 Å². The first-order valence-electron chi connectivity index (χ1n) is 8.09. The van der Waals surface area contributed by atoms with Crippen LogP contribution in [0.25, 0.3) is 0 Å². The van der Waals surface area contributed by atoms with Gasteiger partial charge in [0.25, 0.3) is 5.91 Å². The monoisotopic (exact) mass is 370 g/mol. The number of nitrogens with one attached hydrogen (secondary N) is 2. The van der Waals surface area contributed by atoms with E-state index in [-0.39, 0.29) is 17.6 Å². The summed E-state index contributed by atoms with van der Waals surface area (Å²) in [5.74, 6) is -0.475. The molecule has 2 N–H and O–H groups in total. The van der Waals surface area contributed by atoms with Gasteiger partial charge in [-0.2, -0.15) is 0 Å². The summed E-state index contributed by atoms with van der Waals surface area (Å²) in [6.45, 7) is 3.38. The van der Waals surface area contributed by atoms with Gasteiger partial charge in [0.2, 0.25) is 5.91 Å². The molecule has 0 radical (unpaired) electrons. The average Bonchev–Trinajstić information content (AvgIpc) is 2.61. The van der Waals surface area contributed by atoms with Crippen molar-refractivity contribution in [3.63, 3.8) is 0 Å². The number of carbonyl (C=O) groups is 2. The molecule has 0 bridgehead atoms. The van der Waals surface area contributed by atoms with Crippen LogP contribution in [0.3, 0.4) is 0 Å². The number of rotatable bonds is 4. The van der Waals surface area contributed by atoms with E-state index in [2.05, 4.69) is 17.2 Å². The van der Waals surface area contributed by atoms with Crippen molar-refractivity contribution in [2.75, 3.05) is 16.4 Å². The molecule has 0 atom stereocenters. The highest BCUT2D eigenvalue weighted by Crippen LogP contribution is 2.27. The van der Waals surface area contributed by atoms with Gasteiger partial charge < -0.3 is 10.6 Å². The fourth-order valence-corrected chi connectivity index (χ4v) is 4.40. The lowest BCUT2D eigenvalue weighted by Gasteiger charge is -2.17. The highest BCUT2D eigenvalue weighted by Gasteiger charge is 2.23. The maximum absolute atomic E-state index is 12.4. The minimum Gasteiger partial charge on any atom is -0.323 e. The molecule has 26 heavy (non-hydrogen) atoms. The van der Waals surface area contributed by atoms with Crippen LogP contribution in [0.2, 0.25) is 0 Å². The van der Waals surface area contributed by atoms with Crippen molar-refractivity contribution >= 4 is 33.0 Å². The number of carbonyl (C=O) groups excluding carboxylic acids is 2. The average molecular weight is 370 g/mol. The highest BCUT2D eigenvalue weighted by molar-refractivity contribution is 7.91. The van der Waals surface area contributed by atoms with Crippen molar-refractivity contribution in [2.45, 2.75) is 17.7 Å². The number of anilines is 2. The second-order valence-electron chi connectivity index (χ2n) is 5.97. The third kappa shape index (κ3) is 3.83. The van der Waals surface area contributed by atoms with Gasteiger partial charge in [0.05, 0.1) is 10.6 Å². The van der Waals surface area contributed by atoms with Crippen molar-refractivity contribution in [3.8, 4) is 0 Å². The Morgan fingerprint density at radius 3 is 2.38 bits per heavy atom. The number of aryl methyl sites for hydroxylation is 1. The predicted molar refractivity (Wildman–Crippen MR) is 100 cm³/mol. The van der Waals surface area contributed by atoms with Gasteiger partial charge in [0.15, 0.2) is 9.84 Å². The van der Waals surface area contributed by atoms with Crippen molar-refractivity contribution in [1.82, 2.24) is 0 Å². The minimum absolute atomic E-state index is 0.167. The Bertz CT molecular complexity index is 979. The van der Waals surface area contributed by atoms with E-state index >= 15 is 0 Å². The Balaban J connectivity index is 1.74. The number of hydrogen-bond acceptors (Lipinski definition) is 4. The van der Waals surface area contributed by atoms with Crippen molar-refractivity contribution in [1.29, 1.82) is 0 Å².